The van der Waals surface area contributed by atoms with Gasteiger partial charge in [0.1, 0.15) is 18.2 Å². The molecule has 3 aromatic carbocycles. The fourth-order valence-corrected chi connectivity index (χ4v) is 4.15. The number of ether oxygens (including phenoxy) is 1. The van der Waals surface area contributed by atoms with E-state index in [0.717, 1.165) is 39.7 Å². The molecule has 0 aliphatic carbocycles. The Bertz CT molecular complexity index is 1230. The standard InChI is InChI=1S/C23H20FNO3S/c1-15(16-7-5-8-19(12-16)25-29(2,26)27)23-20-9-4-3-6-17(20)14-28-22-13-18(24)10-11-21(22)23/h3-13,25H,14H2,1-2H3/b23-15-. The molecule has 0 spiro atoms. The molecule has 6 heteroatoms. The van der Waals surface area contributed by atoms with E-state index in [0.29, 0.717) is 18.0 Å². The van der Waals surface area contributed by atoms with Gasteiger partial charge in [-0.2, -0.15) is 0 Å². The second-order valence-electron chi connectivity index (χ2n) is 7.04. The first kappa shape index (κ1) is 19.2. The number of fused-ring (bicyclic) bond motifs is 2. The van der Waals surface area contributed by atoms with Gasteiger partial charge in [0, 0.05) is 17.3 Å². The SMILES string of the molecule is C/C(=C1\c2ccccc2COc2cc(F)ccc21)c1cccc(NS(C)(=O)=O)c1. The number of benzene rings is 3. The molecule has 3 aromatic rings. The molecule has 4 nitrogen and oxygen atoms in total. The Kier molecular flexibility index (Phi) is 4.88. The van der Waals surface area contributed by atoms with Gasteiger partial charge in [0.15, 0.2) is 0 Å². The lowest BCUT2D eigenvalue weighted by atomic mass is 9.88. The number of hydrogen-bond acceptors (Lipinski definition) is 3. The summed E-state index contributed by atoms with van der Waals surface area (Å²) < 4.78 is 45.5. The van der Waals surface area contributed by atoms with E-state index >= 15 is 0 Å². The largest absolute Gasteiger partial charge is 0.488 e. The lowest BCUT2D eigenvalue weighted by Gasteiger charge is -2.16. The van der Waals surface area contributed by atoms with Crippen LogP contribution in [0.1, 0.15) is 29.2 Å². The van der Waals surface area contributed by atoms with E-state index in [1.807, 2.05) is 37.3 Å². The van der Waals surface area contributed by atoms with Crippen molar-refractivity contribution in [2.45, 2.75) is 13.5 Å². The van der Waals surface area contributed by atoms with Crippen LogP contribution in [-0.2, 0) is 16.6 Å². The first-order chi connectivity index (χ1) is 13.8. The molecule has 1 aliphatic heterocycles. The molecule has 0 amide bonds. The van der Waals surface area contributed by atoms with Crippen LogP contribution in [0.2, 0.25) is 0 Å². The number of sulfonamides is 1. The number of nitrogens with one attached hydrogen (secondary N) is 1. The molecule has 0 radical (unpaired) electrons. The monoisotopic (exact) mass is 409 g/mol. The summed E-state index contributed by atoms with van der Waals surface area (Å²) in [6.45, 7) is 2.32. The van der Waals surface area contributed by atoms with Gasteiger partial charge in [0.25, 0.3) is 0 Å². The predicted molar refractivity (Wildman–Crippen MR) is 114 cm³/mol. The third-order valence-corrected chi connectivity index (χ3v) is 5.46. The quantitative estimate of drug-likeness (QED) is 0.657. The summed E-state index contributed by atoms with van der Waals surface area (Å²) >= 11 is 0. The smallest absolute Gasteiger partial charge is 0.229 e. The third kappa shape index (κ3) is 4.03. The molecule has 1 aliphatic rings. The molecule has 0 saturated heterocycles. The molecule has 0 saturated carbocycles. The van der Waals surface area contributed by atoms with Crippen LogP contribution in [0.3, 0.4) is 0 Å². The topological polar surface area (TPSA) is 55.4 Å². The van der Waals surface area contributed by atoms with Crippen LogP contribution in [0.15, 0.2) is 66.7 Å². The van der Waals surface area contributed by atoms with Crippen molar-refractivity contribution in [2.24, 2.45) is 0 Å². The van der Waals surface area contributed by atoms with Crippen LogP contribution in [0.4, 0.5) is 10.1 Å². The minimum Gasteiger partial charge on any atom is -0.488 e. The van der Waals surface area contributed by atoms with E-state index in [2.05, 4.69) is 4.72 Å². The molecule has 0 aromatic heterocycles. The van der Waals surface area contributed by atoms with Crippen LogP contribution in [-0.4, -0.2) is 14.7 Å². The Morgan fingerprint density at radius 3 is 2.59 bits per heavy atom. The second kappa shape index (κ2) is 7.37. The summed E-state index contributed by atoms with van der Waals surface area (Å²) in [5.41, 5.74) is 6.04. The van der Waals surface area contributed by atoms with E-state index < -0.39 is 10.0 Å². The first-order valence-electron chi connectivity index (χ1n) is 9.12. The van der Waals surface area contributed by atoms with Gasteiger partial charge >= 0.3 is 0 Å². The fraction of sp³-hybridized carbons (Fsp3) is 0.130. The number of anilines is 1. The average Bonchev–Trinajstić information content (AvgIpc) is 2.83. The molecule has 29 heavy (non-hydrogen) atoms. The lowest BCUT2D eigenvalue weighted by Crippen LogP contribution is -2.09. The number of rotatable bonds is 3. The summed E-state index contributed by atoms with van der Waals surface area (Å²) in [5, 5.41) is 0. The van der Waals surface area contributed by atoms with Gasteiger partial charge < -0.3 is 4.74 Å². The van der Waals surface area contributed by atoms with Crippen LogP contribution in [0.25, 0.3) is 11.1 Å². The number of hydrogen-bond donors (Lipinski definition) is 1. The van der Waals surface area contributed by atoms with Gasteiger partial charge in [-0.15, -0.1) is 0 Å². The molecular formula is C23H20FNO3S. The second-order valence-corrected chi connectivity index (χ2v) is 8.79. The molecule has 1 N–H and O–H groups in total. The molecule has 0 bridgehead atoms. The van der Waals surface area contributed by atoms with Crippen molar-refractivity contribution in [3.63, 3.8) is 0 Å². The normalized spacial score (nSPS) is 14.9. The van der Waals surface area contributed by atoms with Crippen LogP contribution >= 0.6 is 0 Å². The Labute approximate surface area is 169 Å². The van der Waals surface area contributed by atoms with E-state index in [4.69, 9.17) is 4.74 Å². The molecule has 148 valence electrons. The maximum Gasteiger partial charge on any atom is 0.229 e. The first-order valence-corrected chi connectivity index (χ1v) is 11.0. The molecule has 0 fully saturated rings. The van der Waals surface area contributed by atoms with Crippen molar-refractivity contribution in [3.05, 3.63) is 94.8 Å². The summed E-state index contributed by atoms with van der Waals surface area (Å²) in [4.78, 5) is 0. The Balaban J connectivity index is 1.95. The van der Waals surface area contributed by atoms with Gasteiger partial charge in [0.2, 0.25) is 10.0 Å². The fourth-order valence-electron chi connectivity index (χ4n) is 3.59. The number of halogens is 1. The zero-order valence-corrected chi connectivity index (χ0v) is 16.9. The minimum absolute atomic E-state index is 0.346. The van der Waals surface area contributed by atoms with Gasteiger partial charge in [0.05, 0.1) is 6.26 Å². The zero-order chi connectivity index (χ0) is 20.6. The van der Waals surface area contributed by atoms with Crippen molar-refractivity contribution in [3.8, 4) is 5.75 Å². The summed E-state index contributed by atoms with van der Waals surface area (Å²) in [6.07, 6.45) is 1.12. The molecule has 1 heterocycles. The molecule has 0 unspecified atom stereocenters. The maximum atomic E-state index is 13.9. The Morgan fingerprint density at radius 2 is 1.79 bits per heavy atom. The Morgan fingerprint density at radius 1 is 1.00 bits per heavy atom. The molecule has 0 atom stereocenters. The van der Waals surface area contributed by atoms with Crippen molar-refractivity contribution < 1.29 is 17.5 Å². The summed E-state index contributed by atoms with van der Waals surface area (Å²) in [5.74, 6) is 0.132. The minimum atomic E-state index is -3.38. The lowest BCUT2D eigenvalue weighted by molar-refractivity contribution is 0.305. The van der Waals surface area contributed by atoms with E-state index in [1.165, 1.54) is 12.1 Å². The van der Waals surface area contributed by atoms with E-state index in [-0.39, 0.29) is 5.82 Å². The highest BCUT2D eigenvalue weighted by molar-refractivity contribution is 7.92. The van der Waals surface area contributed by atoms with Gasteiger partial charge in [-0.05, 0) is 59.0 Å². The molecular weight excluding hydrogens is 389 g/mol. The van der Waals surface area contributed by atoms with Crippen molar-refractivity contribution >= 4 is 26.9 Å². The van der Waals surface area contributed by atoms with Crippen molar-refractivity contribution in [2.75, 3.05) is 11.0 Å². The highest BCUT2D eigenvalue weighted by Crippen LogP contribution is 2.41. The summed E-state index contributed by atoms with van der Waals surface area (Å²) in [7, 11) is -3.38. The third-order valence-electron chi connectivity index (χ3n) is 4.86. The maximum absolute atomic E-state index is 13.9. The molecule has 4 rings (SSSR count). The Hall–Kier alpha value is -3.12. The van der Waals surface area contributed by atoms with Crippen LogP contribution in [0.5, 0.6) is 5.75 Å². The number of allylic oxidation sites excluding steroid dienone is 1. The van der Waals surface area contributed by atoms with Crippen LogP contribution < -0.4 is 9.46 Å². The van der Waals surface area contributed by atoms with Gasteiger partial charge in [-0.3, -0.25) is 4.72 Å². The van der Waals surface area contributed by atoms with Crippen molar-refractivity contribution in [1.29, 1.82) is 0 Å². The zero-order valence-electron chi connectivity index (χ0n) is 16.1. The van der Waals surface area contributed by atoms with E-state index in [9.17, 15) is 12.8 Å². The van der Waals surface area contributed by atoms with Gasteiger partial charge in [-0.1, -0.05) is 36.4 Å². The van der Waals surface area contributed by atoms with Crippen molar-refractivity contribution in [1.82, 2.24) is 0 Å². The van der Waals surface area contributed by atoms with Gasteiger partial charge in [-0.25, -0.2) is 12.8 Å². The highest BCUT2D eigenvalue weighted by Gasteiger charge is 2.22. The van der Waals surface area contributed by atoms with E-state index in [1.54, 1.807) is 24.3 Å². The highest BCUT2D eigenvalue weighted by atomic mass is 32.2. The summed E-state index contributed by atoms with van der Waals surface area (Å²) in [6, 6.07) is 19.7. The van der Waals surface area contributed by atoms with Crippen LogP contribution in [0, 0.1) is 5.82 Å². The average molecular weight is 409 g/mol. The predicted octanol–water partition coefficient (Wildman–Crippen LogP) is 5.07.